The van der Waals surface area contributed by atoms with E-state index in [0.717, 1.165) is 5.56 Å². The van der Waals surface area contributed by atoms with Crippen molar-refractivity contribution in [1.29, 1.82) is 0 Å². The highest BCUT2D eigenvalue weighted by Gasteiger charge is 2.19. The molecular weight excluding hydrogens is 281 g/mol. The molecule has 0 amide bonds. The molecule has 0 aliphatic heterocycles. The summed E-state index contributed by atoms with van der Waals surface area (Å²) in [6.45, 7) is 0.247. The topological polar surface area (TPSA) is 17.8 Å². The lowest BCUT2D eigenvalue weighted by Gasteiger charge is -2.08. The maximum Gasteiger partial charge on any atom is 0.280 e. The first-order chi connectivity index (χ1) is 8.61. The van der Waals surface area contributed by atoms with E-state index in [9.17, 15) is 8.78 Å². The number of nitrogens with zero attached hydrogens (tertiary/aromatic N) is 2. The van der Waals surface area contributed by atoms with Crippen LogP contribution in [0, 0.1) is 0 Å². The van der Waals surface area contributed by atoms with Gasteiger partial charge in [-0.25, -0.2) is 8.78 Å². The molecule has 2 rings (SSSR count). The zero-order chi connectivity index (χ0) is 13.1. The Morgan fingerprint density at radius 2 is 2.11 bits per heavy atom. The Morgan fingerprint density at radius 1 is 1.33 bits per heavy atom. The number of aromatic nitrogens is 2. The maximum absolute atomic E-state index is 12.9. The summed E-state index contributed by atoms with van der Waals surface area (Å²) in [5, 5.41) is 4.51. The highest BCUT2D eigenvalue weighted by atomic mass is 35.5. The van der Waals surface area contributed by atoms with Gasteiger partial charge in [0.15, 0.2) is 0 Å². The Labute approximate surface area is 113 Å². The van der Waals surface area contributed by atoms with E-state index in [4.69, 9.17) is 23.2 Å². The van der Waals surface area contributed by atoms with E-state index in [1.165, 1.54) is 10.9 Å². The van der Waals surface area contributed by atoms with Crippen molar-refractivity contribution in [2.45, 2.75) is 18.9 Å². The molecule has 1 heterocycles. The summed E-state index contributed by atoms with van der Waals surface area (Å²) in [4.78, 5) is 0. The van der Waals surface area contributed by atoms with Crippen molar-refractivity contribution in [1.82, 2.24) is 9.78 Å². The molecule has 96 valence electrons. The van der Waals surface area contributed by atoms with E-state index < -0.39 is 6.43 Å². The molecule has 6 heteroatoms. The first kappa shape index (κ1) is 13.3. The second-order valence-corrected chi connectivity index (χ2v) is 4.48. The summed E-state index contributed by atoms with van der Waals surface area (Å²) in [5.74, 6) is 0.0230. The van der Waals surface area contributed by atoms with Crippen LogP contribution in [0.25, 0.3) is 0 Å². The summed E-state index contributed by atoms with van der Waals surface area (Å²) in [6, 6.07) is 7.03. The Hall–Kier alpha value is -1.13. The Bertz CT molecular complexity index is 541. The van der Waals surface area contributed by atoms with Crippen molar-refractivity contribution >= 4 is 23.2 Å². The smallest absolute Gasteiger partial charge is 0.259 e. The Morgan fingerprint density at radius 3 is 2.72 bits per heavy atom. The predicted molar refractivity (Wildman–Crippen MR) is 67.3 cm³/mol. The monoisotopic (exact) mass is 290 g/mol. The molecule has 0 fully saturated rings. The van der Waals surface area contributed by atoms with E-state index in [1.54, 1.807) is 18.2 Å². The second kappa shape index (κ2) is 5.67. The van der Waals surface area contributed by atoms with Crippen LogP contribution in [0.4, 0.5) is 8.78 Å². The van der Waals surface area contributed by atoms with Gasteiger partial charge in [-0.3, -0.25) is 4.68 Å². The van der Waals surface area contributed by atoms with Crippen LogP contribution in [0.1, 0.15) is 23.2 Å². The molecule has 0 aliphatic carbocycles. The van der Waals surface area contributed by atoms with Crippen molar-refractivity contribution in [2.24, 2.45) is 0 Å². The van der Waals surface area contributed by atoms with Crippen molar-refractivity contribution in [3.8, 4) is 0 Å². The highest BCUT2D eigenvalue weighted by molar-refractivity contribution is 6.30. The third-order valence-corrected chi connectivity index (χ3v) is 3.06. The summed E-state index contributed by atoms with van der Waals surface area (Å²) in [7, 11) is 0. The molecule has 1 aromatic heterocycles. The van der Waals surface area contributed by atoms with Crippen LogP contribution in [0.5, 0.6) is 0 Å². The third-order valence-electron chi connectivity index (χ3n) is 2.53. The van der Waals surface area contributed by atoms with Crippen molar-refractivity contribution < 1.29 is 8.78 Å². The van der Waals surface area contributed by atoms with Crippen LogP contribution in [0.15, 0.2) is 30.5 Å². The van der Waals surface area contributed by atoms with Crippen molar-refractivity contribution in [3.63, 3.8) is 0 Å². The minimum atomic E-state index is -2.60. The number of rotatable bonds is 4. The molecule has 0 N–H and O–H groups in total. The van der Waals surface area contributed by atoms with Crippen molar-refractivity contribution in [3.05, 3.63) is 52.3 Å². The number of halogens is 4. The van der Waals surface area contributed by atoms with Gasteiger partial charge in [-0.15, -0.1) is 11.6 Å². The molecular formula is C12H10Cl2F2N2. The number of hydrogen-bond donors (Lipinski definition) is 0. The lowest BCUT2D eigenvalue weighted by molar-refractivity contribution is 0.139. The number of hydrogen-bond acceptors (Lipinski definition) is 1. The highest BCUT2D eigenvalue weighted by Crippen LogP contribution is 2.25. The van der Waals surface area contributed by atoms with Gasteiger partial charge in [0.25, 0.3) is 6.43 Å². The zero-order valence-electron chi connectivity index (χ0n) is 9.28. The average molecular weight is 291 g/mol. The van der Waals surface area contributed by atoms with Crippen LogP contribution in [0.3, 0.4) is 0 Å². The van der Waals surface area contributed by atoms with E-state index >= 15 is 0 Å². The molecule has 0 saturated heterocycles. The molecule has 18 heavy (non-hydrogen) atoms. The van der Waals surface area contributed by atoms with Crippen LogP contribution in [-0.2, 0) is 12.4 Å². The van der Waals surface area contributed by atoms with Gasteiger partial charge in [-0.05, 0) is 17.7 Å². The molecule has 0 unspecified atom stereocenters. The normalized spacial score (nSPS) is 11.2. The van der Waals surface area contributed by atoms with E-state index in [-0.39, 0.29) is 18.1 Å². The second-order valence-electron chi connectivity index (χ2n) is 3.78. The van der Waals surface area contributed by atoms with Crippen molar-refractivity contribution in [2.75, 3.05) is 0 Å². The largest absolute Gasteiger partial charge is 0.280 e. The van der Waals surface area contributed by atoms with Crippen LogP contribution >= 0.6 is 23.2 Å². The van der Waals surface area contributed by atoms with Crippen LogP contribution in [0.2, 0.25) is 5.02 Å². The zero-order valence-corrected chi connectivity index (χ0v) is 10.8. The lowest BCUT2D eigenvalue weighted by Crippen LogP contribution is -2.07. The molecule has 0 bridgehead atoms. The fourth-order valence-electron chi connectivity index (χ4n) is 1.72. The fraction of sp³-hybridized carbons (Fsp3) is 0.250. The van der Waals surface area contributed by atoms with Gasteiger partial charge in [0.05, 0.1) is 18.6 Å². The van der Waals surface area contributed by atoms with Gasteiger partial charge in [0.1, 0.15) is 5.69 Å². The lowest BCUT2D eigenvalue weighted by atomic mass is 10.2. The molecule has 0 aliphatic rings. The van der Waals surface area contributed by atoms with Gasteiger partial charge in [0.2, 0.25) is 0 Å². The number of alkyl halides is 3. The minimum absolute atomic E-state index is 0.0230. The molecule has 1 aromatic carbocycles. The Kier molecular flexibility index (Phi) is 4.19. The third kappa shape index (κ3) is 2.82. The Balaban J connectivity index is 2.32. The predicted octanol–water partition coefficient (Wildman–Crippen LogP) is 4.26. The van der Waals surface area contributed by atoms with E-state index in [2.05, 4.69) is 5.10 Å². The summed E-state index contributed by atoms with van der Waals surface area (Å²) in [6.07, 6.45) is -1.22. The fourth-order valence-corrected chi connectivity index (χ4v) is 2.14. The van der Waals surface area contributed by atoms with Gasteiger partial charge in [-0.2, -0.15) is 5.10 Å². The molecule has 0 spiro atoms. The van der Waals surface area contributed by atoms with Gasteiger partial charge >= 0.3 is 0 Å². The summed E-state index contributed by atoms with van der Waals surface area (Å²) >= 11 is 11.5. The molecule has 0 radical (unpaired) electrons. The minimum Gasteiger partial charge on any atom is -0.259 e. The summed E-state index contributed by atoms with van der Waals surface area (Å²) in [5.41, 5.74) is 1.03. The van der Waals surface area contributed by atoms with Gasteiger partial charge in [-0.1, -0.05) is 23.7 Å². The first-order valence-corrected chi connectivity index (χ1v) is 6.16. The molecule has 0 saturated carbocycles. The summed E-state index contributed by atoms with van der Waals surface area (Å²) < 4.78 is 27.1. The SMILES string of the molecule is FC(F)c1c(CCl)cnn1Cc1cccc(Cl)c1. The van der Waals surface area contributed by atoms with E-state index in [0.29, 0.717) is 10.6 Å². The molecule has 2 aromatic rings. The number of benzene rings is 1. The van der Waals surface area contributed by atoms with Crippen LogP contribution in [-0.4, -0.2) is 9.78 Å². The molecule has 2 nitrogen and oxygen atoms in total. The van der Waals surface area contributed by atoms with Gasteiger partial charge < -0.3 is 0 Å². The first-order valence-electron chi connectivity index (χ1n) is 5.25. The van der Waals surface area contributed by atoms with Crippen LogP contribution < -0.4 is 0 Å². The van der Waals surface area contributed by atoms with E-state index in [1.807, 2.05) is 6.07 Å². The quantitative estimate of drug-likeness (QED) is 0.769. The van der Waals surface area contributed by atoms with Gasteiger partial charge in [0, 0.05) is 10.6 Å². The maximum atomic E-state index is 12.9. The standard InChI is InChI=1S/C12H10Cl2F2N2/c13-5-9-6-17-18(11(9)12(15)16)7-8-2-1-3-10(14)4-8/h1-4,6,12H,5,7H2. The average Bonchev–Trinajstić information content (AvgIpc) is 2.72. The molecule has 0 atom stereocenters.